The summed E-state index contributed by atoms with van der Waals surface area (Å²) < 4.78 is 13.4. The van der Waals surface area contributed by atoms with Crippen molar-refractivity contribution in [2.24, 2.45) is 0 Å². The maximum absolute atomic E-state index is 13.4. The summed E-state index contributed by atoms with van der Waals surface area (Å²) in [6.07, 6.45) is 0. The first kappa shape index (κ1) is 9.21. The number of hydrogen-bond acceptors (Lipinski definition) is 2. The summed E-state index contributed by atoms with van der Waals surface area (Å²) >= 11 is 5.70. The molecule has 0 fully saturated rings. The van der Waals surface area contributed by atoms with E-state index in [4.69, 9.17) is 17.3 Å². The minimum absolute atomic E-state index is 0.139. The number of rotatable bonds is 0. The van der Waals surface area contributed by atoms with Crippen molar-refractivity contribution >= 4 is 28.2 Å². The van der Waals surface area contributed by atoms with Crippen LogP contribution in [0.2, 0.25) is 5.15 Å². The molecule has 0 atom stereocenters. The molecule has 0 aliphatic rings. The number of nitrogens with two attached hydrogens (primary N) is 1. The molecular formula is C10H8ClFN2. The highest BCUT2D eigenvalue weighted by molar-refractivity contribution is 6.32. The predicted octanol–water partition coefficient (Wildman–Crippen LogP) is 2.92. The third kappa shape index (κ3) is 1.40. The highest BCUT2D eigenvalue weighted by Gasteiger charge is 2.06. The van der Waals surface area contributed by atoms with E-state index in [1.165, 1.54) is 6.07 Å². The SMILES string of the molecule is Cc1cc(F)c2nc(Cl)c(N)cc2c1. The summed E-state index contributed by atoms with van der Waals surface area (Å²) in [6, 6.07) is 4.86. The van der Waals surface area contributed by atoms with Gasteiger partial charge >= 0.3 is 0 Å². The minimum atomic E-state index is -0.373. The number of aryl methyl sites for hydroxylation is 1. The maximum atomic E-state index is 13.4. The fourth-order valence-corrected chi connectivity index (χ4v) is 1.52. The van der Waals surface area contributed by atoms with Crippen LogP contribution >= 0.6 is 11.6 Å². The summed E-state index contributed by atoms with van der Waals surface area (Å²) in [5.74, 6) is -0.373. The van der Waals surface area contributed by atoms with Crippen molar-refractivity contribution in [2.75, 3.05) is 5.73 Å². The molecule has 0 amide bonds. The van der Waals surface area contributed by atoms with Gasteiger partial charge in [-0.05, 0) is 30.7 Å². The normalized spacial score (nSPS) is 10.8. The molecule has 0 bridgehead atoms. The molecule has 2 nitrogen and oxygen atoms in total. The lowest BCUT2D eigenvalue weighted by Crippen LogP contribution is -1.92. The molecular weight excluding hydrogens is 203 g/mol. The summed E-state index contributed by atoms with van der Waals surface area (Å²) in [5, 5.41) is 0.810. The minimum Gasteiger partial charge on any atom is -0.396 e. The van der Waals surface area contributed by atoms with E-state index in [9.17, 15) is 4.39 Å². The summed E-state index contributed by atoms with van der Waals surface area (Å²) in [4.78, 5) is 3.88. The van der Waals surface area contributed by atoms with Crippen LogP contribution in [0, 0.1) is 12.7 Å². The molecule has 0 saturated heterocycles. The van der Waals surface area contributed by atoms with Crippen molar-refractivity contribution in [2.45, 2.75) is 6.92 Å². The molecule has 0 aliphatic heterocycles. The zero-order valence-corrected chi connectivity index (χ0v) is 8.27. The van der Waals surface area contributed by atoms with Gasteiger partial charge in [0.25, 0.3) is 0 Å². The lowest BCUT2D eigenvalue weighted by atomic mass is 10.1. The second-order valence-corrected chi connectivity index (χ2v) is 3.54. The Kier molecular flexibility index (Phi) is 2.04. The van der Waals surface area contributed by atoms with Crippen LogP contribution in [-0.4, -0.2) is 4.98 Å². The largest absolute Gasteiger partial charge is 0.396 e. The van der Waals surface area contributed by atoms with E-state index in [1.54, 1.807) is 6.07 Å². The van der Waals surface area contributed by atoms with Crippen LogP contribution in [0.5, 0.6) is 0 Å². The van der Waals surface area contributed by atoms with Crippen LogP contribution in [0.4, 0.5) is 10.1 Å². The lowest BCUT2D eigenvalue weighted by Gasteiger charge is -2.03. The first-order valence-corrected chi connectivity index (χ1v) is 4.47. The molecule has 4 heteroatoms. The van der Waals surface area contributed by atoms with Crippen molar-refractivity contribution in [1.29, 1.82) is 0 Å². The number of nitrogens with zero attached hydrogens (tertiary/aromatic N) is 1. The number of nitrogen functional groups attached to an aromatic ring is 1. The fourth-order valence-electron chi connectivity index (χ4n) is 1.38. The number of anilines is 1. The number of benzene rings is 1. The Bertz CT molecular complexity index is 511. The Morgan fingerprint density at radius 1 is 1.36 bits per heavy atom. The van der Waals surface area contributed by atoms with E-state index in [2.05, 4.69) is 4.98 Å². The Morgan fingerprint density at radius 3 is 2.79 bits per heavy atom. The second kappa shape index (κ2) is 3.10. The monoisotopic (exact) mass is 210 g/mol. The Labute approximate surface area is 85.5 Å². The number of hydrogen-bond donors (Lipinski definition) is 1. The van der Waals surface area contributed by atoms with E-state index in [-0.39, 0.29) is 16.5 Å². The number of pyridine rings is 1. The van der Waals surface area contributed by atoms with Gasteiger partial charge in [0.05, 0.1) is 5.69 Å². The van der Waals surface area contributed by atoms with E-state index >= 15 is 0 Å². The topological polar surface area (TPSA) is 38.9 Å². The van der Waals surface area contributed by atoms with Crippen molar-refractivity contribution in [3.63, 3.8) is 0 Å². The van der Waals surface area contributed by atoms with Gasteiger partial charge < -0.3 is 5.73 Å². The zero-order chi connectivity index (χ0) is 10.3. The molecule has 0 unspecified atom stereocenters. The fraction of sp³-hybridized carbons (Fsp3) is 0.100. The molecule has 0 saturated carbocycles. The highest BCUT2D eigenvalue weighted by atomic mass is 35.5. The van der Waals surface area contributed by atoms with E-state index in [0.29, 0.717) is 11.1 Å². The van der Waals surface area contributed by atoms with Gasteiger partial charge in [-0.3, -0.25) is 0 Å². The number of fused-ring (bicyclic) bond motifs is 1. The Hall–Kier alpha value is -1.35. The van der Waals surface area contributed by atoms with Crippen molar-refractivity contribution in [3.8, 4) is 0 Å². The quantitative estimate of drug-likeness (QED) is 0.679. The second-order valence-electron chi connectivity index (χ2n) is 3.19. The van der Waals surface area contributed by atoms with Gasteiger partial charge in [-0.1, -0.05) is 11.6 Å². The average Bonchev–Trinajstić information content (AvgIpc) is 2.08. The van der Waals surface area contributed by atoms with Crippen LogP contribution < -0.4 is 5.73 Å². The van der Waals surface area contributed by atoms with Gasteiger partial charge in [0.1, 0.15) is 11.3 Å². The van der Waals surface area contributed by atoms with Gasteiger partial charge in [0.15, 0.2) is 5.15 Å². The van der Waals surface area contributed by atoms with E-state index < -0.39 is 0 Å². The summed E-state index contributed by atoms with van der Waals surface area (Å²) in [6.45, 7) is 1.81. The van der Waals surface area contributed by atoms with Crippen LogP contribution in [-0.2, 0) is 0 Å². The first-order valence-electron chi connectivity index (χ1n) is 4.10. The van der Waals surface area contributed by atoms with Gasteiger partial charge in [0.2, 0.25) is 0 Å². The van der Waals surface area contributed by atoms with Gasteiger partial charge in [-0.15, -0.1) is 0 Å². The van der Waals surface area contributed by atoms with Crippen molar-refractivity contribution in [3.05, 3.63) is 34.7 Å². The smallest absolute Gasteiger partial charge is 0.152 e. The maximum Gasteiger partial charge on any atom is 0.152 e. The van der Waals surface area contributed by atoms with Crippen molar-refractivity contribution in [1.82, 2.24) is 4.98 Å². The molecule has 72 valence electrons. The van der Waals surface area contributed by atoms with Crippen LogP contribution in [0.1, 0.15) is 5.56 Å². The molecule has 2 rings (SSSR count). The molecule has 1 aromatic carbocycles. The molecule has 2 N–H and O–H groups in total. The first-order chi connectivity index (χ1) is 6.58. The third-order valence-electron chi connectivity index (χ3n) is 2.00. The highest BCUT2D eigenvalue weighted by Crippen LogP contribution is 2.24. The summed E-state index contributed by atoms with van der Waals surface area (Å²) in [7, 11) is 0. The average molecular weight is 211 g/mol. The number of halogens is 2. The third-order valence-corrected chi connectivity index (χ3v) is 2.30. The van der Waals surface area contributed by atoms with Gasteiger partial charge in [0, 0.05) is 5.39 Å². The lowest BCUT2D eigenvalue weighted by molar-refractivity contribution is 0.636. The van der Waals surface area contributed by atoms with Gasteiger partial charge in [-0.2, -0.15) is 0 Å². The standard InChI is InChI=1S/C10H8ClFN2/c1-5-2-6-4-8(13)10(11)14-9(6)7(12)3-5/h2-4H,13H2,1H3. The number of aromatic nitrogens is 1. The van der Waals surface area contributed by atoms with Crippen LogP contribution in [0.15, 0.2) is 18.2 Å². The molecule has 2 aromatic rings. The van der Waals surface area contributed by atoms with Crippen LogP contribution in [0.3, 0.4) is 0 Å². The molecule has 0 aliphatic carbocycles. The van der Waals surface area contributed by atoms with Crippen LogP contribution in [0.25, 0.3) is 10.9 Å². The summed E-state index contributed by atoms with van der Waals surface area (Å²) in [5.41, 5.74) is 7.03. The van der Waals surface area contributed by atoms with E-state index in [1.807, 2.05) is 13.0 Å². The molecule has 0 spiro atoms. The molecule has 1 aromatic heterocycles. The Morgan fingerprint density at radius 2 is 2.07 bits per heavy atom. The zero-order valence-electron chi connectivity index (χ0n) is 7.51. The molecule has 14 heavy (non-hydrogen) atoms. The van der Waals surface area contributed by atoms with Gasteiger partial charge in [-0.25, -0.2) is 9.37 Å². The Balaban J connectivity index is 2.89. The molecule has 0 radical (unpaired) electrons. The van der Waals surface area contributed by atoms with Crippen molar-refractivity contribution < 1.29 is 4.39 Å². The predicted molar refractivity (Wildman–Crippen MR) is 55.9 cm³/mol. The van der Waals surface area contributed by atoms with E-state index in [0.717, 1.165) is 5.56 Å². The molecule has 1 heterocycles.